The maximum absolute atomic E-state index is 13.1. The fourth-order valence-corrected chi connectivity index (χ4v) is 3.83. The van der Waals surface area contributed by atoms with Gasteiger partial charge >= 0.3 is 0 Å². The number of rotatable bonds is 7. The van der Waals surface area contributed by atoms with Gasteiger partial charge in [-0.3, -0.25) is 4.79 Å². The molecule has 0 atom stereocenters. The maximum atomic E-state index is 13.1. The van der Waals surface area contributed by atoms with Gasteiger partial charge < -0.3 is 23.3 Å². The molecule has 0 amide bonds. The molecule has 3 heterocycles. The lowest BCUT2D eigenvalue weighted by Crippen LogP contribution is -2.21. The lowest BCUT2D eigenvalue weighted by atomic mass is 10.1. The summed E-state index contributed by atoms with van der Waals surface area (Å²) in [5.41, 5.74) is 2.31. The van der Waals surface area contributed by atoms with E-state index in [0.29, 0.717) is 44.9 Å². The Morgan fingerprint density at radius 3 is 2.31 bits per heavy atom. The second-order valence-corrected chi connectivity index (χ2v) is 7.96. The van der Waals surface area contributed by atoms with Crippen molar-refractivity contribution in [2.24, 2.45) is 0 Å². The SMILES string of the molecule is COc1cc(-c2noc(Cn3ccn4nc(-c5ccc(Cl)cc5)cc4c3=O)n2)cc(OC)c1OC. The van der Waals surface area contributed by atoms with Gasteiger partial charge in [0.15, 0.2) is 11.5 Å². The largest absolute Gasteiger partial charge is 0.493 e. The van der Waals surface area contributed by atoms with E-state index in [-0.39, 0.29) is 18.0 Å². The van der Waals surface area contributed by atoms with Gasteiger partial charge in [-0.2, -0.15) is 10.1 Å². The van der Waals surface area contributed by atoms with E-state index in [9.17, 15) is 4.79 Å². The van der Waals surface area contributed by atoms with E-state index in [1.807, 2.05) is 12.1 Å². The Bertz CT molecular complexity index is 1550. The summed E-state index contributed by atoms with van der Waals surface area (Å²) in [6, 6.07) is 12.4. The van der Waals surface area contributed by atoms with Crippen LogP contribution in [-0.2, 0) is 6.54 Å². The monoisotopic (exact) mass is 493 g/mol. The quantitative estimate of drug-likeness (QED) is 0.335. The van der Waals surface area contributed by atoms with E-state index < -0.39 is 0 Å². The van der Waals surface area contributed by atoms with Crippen LogP contribution in [0.1, 0.15) is 5.89 Å². The Kier molecular flexibility index (Phi) is 5.87. The van der Waals surface area contributed by atoms with Gasteiger partial charge in [0.2, 0.25) is 17.5 Å². The minimum Gasteiger partial charge on any atom is -0.493 e. The zero-order chi connectivity index (χ0) is 24.5. The molecule has 0 fully saturated rings. The third-order valence-electron chi connectivity index (χ3n) is 5.44. The van der Waals surface area contributed by atoms with Crippen molar-refractivity contribution in [3.63, 3.8) is 0 Å². The zero-order valence-electron chi connectivity index (χ0n) is 19.1. The fourth-order valence-electron chi connectivity index (χ4n) is 3.70. The molecule has 5 aromatic rings. The van der Waals surface area contributed by atoms with Crippen molar-refractivity contribution < 1.29 is 18.7 Å². The first-order valence-corrected chi connectivity index (χ1v) is 10.9. The first-order valence-electron chi connectivity index (χ1n) is 10.5. The predicted octanol–water partition coefficient (Wildman–Crippen LogP) is 3.94. The third kappa shape index (κ3) is 4.19. The molecule has 3 aromatic heterocycles. The van der Waals surface area contributed by atoms with E-state index in [1.54, 1.807) is 42.7 Å². The standard InChI is InChI=1S/C24H20ClN5O5/c1-32-19-10-15(11-20(33-2)22(19)34-3)23-26-21(35-28-23)13-29-8-9-30-18(24(29)31)12-17(27-30)14-4-6-16(25)7-5-14/h4-12H,13H2,1-3H3. The highest BCUT2D eigenvalue weighted by Gasteiger charge is 2.18. The predicted molar refractivity (Wildman–Crippen MR) is 128 cm³/mol. The number of ether oxygens (including phenoxy) is 3. The van der Waals surface area contributed by atoms with Crippen LogP contribution in [0.25, 0.3) is 28.2 Å². The van der Waals surface area contributed by atoms with Crippen molar-refractivity contribution in [3.05, 3.63) is 76.1 Å². The van der Waals surface area contributed by atoms with Crippen LogP contribution in [0.15, 0.2) is 64.2 Å². The second kappa shape index (κ2) is 9.15. The molecule has 5 rings (SSSR count). The Hall–Kier alpha value is -4.31. The number of halogens is 1. The molecule has 0 spiro atoms. The van der Waals surface area contributed by atoms with Gasteiger partial charge in [-0.05, 0) is 30.3 Å². The first kappa shape index (κ1) is 22.5. The van der Waals surface area contributed by atoms with Crippen LogP contribution in [0.5, 0.6) is 17.2 Å². The van der Waals surface area contributed by atoms with Crippen LogP contribution in [0, 0.1) is 0 Å². The van der Waals surface area contributed by atoms with Gasteiger partial charge in [0.1, 0.15) is 12.1 Å². The molecule has 178 valence electrons. The van der Waals surface area contributed by atoms with Gasteiger partial charge in [0, 0.05) is 28.5 Å². The molecular formula is C24H20ClN5O5. The maximum Gasteiger partial charge on any atom is 0.277 e. The molecule has 0 saturated heterocycles. The van der Waals surface area contributed by atoms with Crippen LogP contribution in [0.2, 0.25) is 5.02 Å². The van der Waals surface area contributed by atoms with Crippen molar-refractivity contribution in [2.45, 2.75) is 6.54 Å². The molecule has 11 heteroatoms. The van der Waals surface area contributed by atoms with E-state index in [4.69, 9.17) is 30.3 Å². The highest BCUT2D eigenvalue weighted by molar-refractivity contribution is 6.30. The Balaban J connectivity index is 1.45. The molecule has 0 radical (unpaired) electrons. The van der Waals surface area contributed by atoms with E-state index in [1.165, 1.54) is 30.4 Å². The van der Waals surface area contributed by atoms with Crippen LogP contribution < -0.4 is 19.8 Å². The minimum absolute atomic E-state index is 0.0915. The number of aromatic nitrogens is 5. The summed E-state index contributed by atoms with van der Waals surface area (Å²) in [4.78, 5) is 17.5. The average molecular weight is 494 g/mol. The summed E-state index contributed by atoms with van der Waals surface area (Å²) in [6.45, 7) is 0.0915. The summed E-state index contributed by atoms with van der Waals surface area (Å²) < 4.78 is 24.6. The molecule has 0 aliphatic rings. The molecule has 0 saturated carbocycles. The van der Waals surface area contributed by atoms with Gasteiger partial charge in [-0.25, -0.2) is 4.52 Å². The average Bonchev–Trinajstić information content (AvgIpc) is 3.53. The fraction of sp³-hybridized carbons (Fsp3) is 0.167. The second-order valence-electron chi connectivity index (χ2n) is 7.52. The Morgan fingerprint density at radius 1 is 0.943 bits per heavy atom. The van der Waals surface area contributed by atoms with Gasteiger partial charge in [-0.15, -0.1) is 0 Å². The van der Waals surface area contributed by atoms with E-state index >= 15 is 0 Å². The van der Waals surface area contributed by atoms with Crippen molar-refractivity contribution in [1.82, 2.24) is 24.3 Å². The highest BCUT2D eigenvalue weighted by Crippen LogP contribution is 2.40. The van der Waals surface area contributed by atoms with Crippen LogP contribution >= 0.6 is 11.6 Å². The molecular weight excluding hydrogens is 474 g/mol. The lowest BCUT2D eigenvalue weighted by Gasteiger charge is -2.12. The molecule has 0 N–H and O–H groups in total. The minimum atomic E-state index is -0.243. The topological polar surface area (TPSA) is 106 Å². The summed E-state index contributed by atoms with van der Waals surface area (Å²) >= 11 is 5.97. The number of nitrogens with zero attached hydrogens (tertiary/aromatic N) is 5. The molecule has 0 bridgehead atoms. The van der Waals surface area contributed by atoms with Crippen LogP contribution in [-0.4, -0.2) is 45.7 Å². The van der Waals surface area contributed by atoms with Gasteiger partial charge in [-0.1, -0.05) is 28.9 Å². The summed E-state index contributed by atoms with van der Waals surface area (Å²) in [7, 11) is 4.58. The van der Waals surface area contributed by atoms with Gasteiger partial charge in [0.25, 0.3) is 5.56 Å². The normalized spacial score (nSPS) is 11.1. The third-order valence-corrected chi connectivity index (χ3v) is 5.69. The number of hydrogen-bond donors (Lipinski definition) is 0. The number of benzene rings is 2. The Labute approximate surface area is 204 Å². The first-order chi connectivity index (χ1) is 17.0. The van der Waals surface area contributed by atoms with Crippen molar-refractivity contribution in [1.29, 1.82) is 0 Å². The molecule has 0 unspecified atom stereocenters. The van der Waals surface area contributed by atoms with Crippen LogP contribution in [0.3, 0.4) is 0 Å². The molecule has 0 aliphatic heterocycles. The van der Waals surface area contributed by atoms with Crippen molar-refractivity contribution in [2.75, 3.05) is 21.3 Å². The van der Waals surface area contributed by atoms with Crippen molar-refractivity contribution in [3.8, 4) is 39.9 Å². The lowest BCUT2D eigenvalue weighted by molar-refractivity contribution is 0.324. The van der Waals surface area contributed by atoms with Gasteiger partial charge in [0.05, 0.1) is 27.0 Å². The van der Waals surface area contributed by atoms with E-state index in [2.05, 4.69) is 15.2 Å². The van der Waals surface area contributed by atoms with E-state index in [0.717, 1.165) is 5.56 Å². The smallest absolute Gasteiger partial charge is 0.277 e. The summed E-state index contributed by atoms with van der Waals surface area (Å²) in [6.07, 6.45) is 3.32. The number of hydrogen-bond acceptors (Lipinski definition) is 8. The molecule has 10 nitrogen and oxygen atoms in total. The summed E-state index contributed by atoms with van der Waals surface area (Å²) in [5.74, 6) is 1.97. The molecule has 0 aliphatic carbocycles. The zero-order valence-corrected chi connectivity index (χ0v) is 19.8. The number of fused-ring (bicyclic) bond motifs is 1. The molecule has 35 heavy (non-hydrogen) atoms. The Morgan fingerprint density at radius 2 is 1.66 bits per heavy atom. The highest BCUT2D eigenvalue weighted by atomic mass is 35.5. The van der Waals surface area contributed by atoms with Crippen molar-refractivity contribution >= 4 is 17.1 Å². The number of methoxy groups -OCH3 is 3. The van der Waals surface area contributed by atoms with Crippen LogP contribution in [0.4, 0.5) is 0 Å². The summed E-state index contributed by atoms with van der Waals surface area (Å²) in [5, 5.41) is 9.17. The molecule has 2 aromatic carbocycles.